The molecule has 0 aliphatic rings. The summed E-state index contributed by atoms with van der Waals surface area (Å²) >= 11 is 3.37. The van der Waals surface area contributed by atoms with E-state index in [4.69, 9.17) is 4.74 Å². The summed E-state index contributed by atoms with van der Waals surface area (Å²) in [6.45, 7) is 0.487. The summed E-state index contributed by atoms with van der Waals surface area (Å²) in [5.74, 6) is -0.0736. The van der Waals surface area contributed by atoms with E-state index >= 15 is 0 Å². The largest absolute Gasteiger partial charge is 0.465 e. The number of rotatable bonds is 8. The van der Waals surface area contributed by atoms with Crippen molar-refractivity contribution < 1.29 is 9.53 Å². The van der Waals surface area contributed by atoms with Crippen LogP contribution in [0.25, 0.3) is 0 Å². The Labute approximate surface area is 111 Å². The molecule has 0 aliphatic heterocycles. The molecule has 94 valence electrons. The zero-order chi connectivity index (χ0) is 12.3. The third-order valence-corrected chi connectivity index (χ3v) is 3.07. The van der Waals surface area contributed by atoms with Gasteiger partial charge in [0.1, 0.15) is 0 Å². The summed E-state index contributed by atoms with van der Waals surface area (Å²) in [6.07, 6.45) is 4.47. The third kappa shape index (κ3) is 7.16. The van der Waals surface area contributed by atoms with Gasteiger partial charge in [0.05, 0.1) is 6.61 Å². The molecule has 0 amide bonds. The first-order valence-electron chi connectivity index (χ1n) is 6.08. The second kappa shape index (κ2) is 9.23. The first-order valence-corrected chi connectivity index (χ1v) is 7.20. The lowest BCUT2D eigenvalue weighted by molar-refractivity contribution is -0.143. The van der Waals surface area contributed by atoms with Crippen LogP contribution in [0.15, 0.2) is 30.3 Å². The van der Waals surface area contributed by atoms with Gasteiger partial charge < -0.3 is 4.74 Å². The fourth-order valence-corrected chi connectivity index (χ4v) is 1.94. The summed E-state index contributed by atoms with van der Waals surface area (Å²) in [6, 6.07) is 10.1. The van der Waals surface area contributed by atoms with E-state index in [0.29, 0.717) is 13.0 Å². The number of halogens is 1. The molecule has 1 aromatic rings. The average Bonchev–Trinajstić information content (AvgIpc) is 2.36. The molecule has 0 saturated carbocycles. The van der Waals surface area contributed by atoms with Crippen LogP contribution in [-0.4, -0.2) is 17.9 Å². The molecule has 0 radical (unpaired) electrons. The van der Waals surface area contributed by atoms with Crippen LogP contribution in [0.4, 0.5) is 0 Å². The Morgan fingerprint density at radius 3 is 2.59 bits per heavy atom. The molecule has 0 saturated heterocycles. The molecular formula is C14H19BrO2. The molecule has 0 N–H and O–H groups in total. The molecule has 0 aromatic heterocycles. The van der Waals surface area contributed by atoms with Crippen molar-refractivity contribution >= 4 is 21.9 Å². The highest BCUT2D eigenvalue weighted by Gasteiger charge is 2.02. The number of ether oxygens (including phenoxy) is 1. The predicted molar refractivity (Wildman–Crippen MR) is 73.4 cm³/mol. The van der Waals surface area contributed by atoms with Gasteiger partial charge in [0.15, 0.2) is 0 Å². The van der Waals surface area contributed by atoms with Gasteiger partial charge in [0.2, 0.25) is 0 Å². The highest BCUT2D eigenvalue weighted by atomic mass is 79.9. The molecule has 0 heterocycles. The maximum Gasteiger partial charge on any atom is 0.305 e. The SMILES string of the molecule is O=C(CCCCCBr)OCCc1ccccc1. The van der Waals surface area contributed by atoms with Crippen molar-refractivity contribution in [3.8, 4) is 0 Å². The molecule has 1 rings (SSSR count). The molecule has 0 aliphatic carbocycles. The predicted octanol–water partition coefficient (Wildman–Crippen LogP) is 3.73. The maximum atomic E-state index is 11.4. The molecule has 0 spiro atoms. The second-order valence-electron chi connectivity index (χ2n) is 3.96. The number of carbonyl (C=O) groups excluding carboxylic acids is 1. The van der Waals surface area contributed by atoms with Crippen LogP contribution in [0, 0.1) is 0 Å². The quantitative estimate of drug-likeness (QED) is 0.415. The molecular weight excluding hydrogens is 280 g/mol. The number of hydrogen-bond donors (Lipinski definition) is 0. The number of hydrogen-bond acceptors (Lipinski definition) is 2. The monoisotopic (exact) mass is 298 g/mol. The van der Waals surface area contributed by atoms with E-state index in [2.05, 4.69) is 15.9 Å². The van der Waals surface area contributed by atoms with Gasteiger partial charge >= 0.3 is 5.97 Å². The number of alkyl halides is 1. The summed E-state index contributed by atoms with van der Waals surface area (Å²) < 4.78 is 5.18. The summed E-state index contributed by atoms with van der Waals surface area (Å²) in [5.41, 5.74) is 1.21. The van der Waals surface area contributed by atoms with E-state index in [0.717, 1.165) is 31.0 Å². The van der Waals surface area contributed by atoms with Crippen molar-refractivity contribution in [2.75, 3.05) is 11.9 Å². The normalized spacial score (nSPS) is 10.2. The van der Waals surface area contributed by atoms with Gasteiger partial charge in [-0.1, -0.05) is 52.7 Å². The topological polar surface area (TPSA) is 26.3 Å². The van der Waals surface area contributed by atoms with Crippen LogP contribution in [-0.2, 0) is 16.0 Å². The van der Waals surface area contributed by atoms with Crippen LogP contribution >= 0.6 is 15.9 Å². The molecule has 0 atom stereocenters. The van der Waals surface area contributed by atoms with Crippen molar-refractivity contribution in [1.82, 2.24) is 0 Å². The fraction of sp³-hybridized carbons (Fsp3) is 0.500. The molecule has 0 unspecified atom stereocenters. The Morgan fingerprint density at radius 2 is 1.88 bits per heavy atom. The van der Waals surface area contributed by atoms with Crippen LogP contribution < -0.4 is 0 Å². The van der Waals surface area contributed by atoms with E-state index in [1.54, 1.807) is 0 Å². The standard InChI is InChI=1S/C14H19BrO2/c15-11-6-2-5-9-14(16)17-12-10-13-7-3-1-4-8-13/h1,3-4,7-8H,2,5-6,9-12H2. The molecule has 1 aromatic carbocycles. The van der Waals surface area contributed by atoms with E-state index < -0.39 is 0 Å². The zero-order valence-corrected chi connectivity index (χ0v) is 11.6. The third-order valence-electron chi connectivity index (χ3n) is 2.51. The lowest BCUT2D eigenvalue weighted by Gasteiger charge is -2.04. The summed E-state index contributed by atoms with van der Waals surface area (Å²) in [5, 5.41) is 1.01. The Hall–Kier alpha value is -0.830. The highest BCUT2D eigenvalue weighted by Crippen LogP contribution is 2.04. The smallest absolute Gasteiger partial charge is 0.305 e. The van der Waals surface area contributed by atoms with Crippen molar-refractivity contribution in [2.45, 2.75) is 32.1 Å². The van der Waals surface area contributed by atoms with Crippen LogP contribution in [0.1, 0.15) is 31.2 Å². The van der Waals surface area contributed by atoms with Crippen molar-refractivity contribution in [2.24, 2.45) is 0 Å². The lowest BCUT2D eigenvalue weighted by Crippen LogP contribution is -2.07. The van der Waals surface area contributed by atoms with Crippen LogP contribution in [0.3, 0.4) is 0 Å². The van der Waals surface area contributed by atoms with Gasteiger partial charge in [-0.3, -0.25) is 4.79 Å². The van der Waals surface area contributed by atoms with Crippen LogP contribution in [0.2, 0.25) is 0 Å². The Kier molecular flexibility index (Phi) is 7.72. The summed E-state index contributed by atoms with van der Waals surface area (Å²) in [4.78, 5) is 11.4. The first-order chi connectivity index (χ1) is 8.33. The average molecular weight is 299 g/mol. The van der Waals surface area contributed by atoms with E-state index in [1.165, 1.54) is 5.56 Å². The number of unbranched alkanes of at least 4 members (excludes halogenated alkanes) is 2. The van der Waals surface area contributed by atoms with Crippen molar-refractivity contribution in [1.29, 1.82) is 0 Å². The van der Waals surface area contributed by atoms with E-state index in [-0.39, 0.29) is 5.97 Å². The highest BCUT2D eigenvalue weighted by molar-refractivity contribution is 9.09. The minimum Gasteiger partial charge on any atom is -0.465 e. The van der Waals surface area contributed by atoms with Crippen molar-refractivity contribution in [3.63, 3.8) is 0 Å². The minimum atomic E-state index is -0.0736. The number of benzene rings is 1. The van der Waals surface area contributed by atoms with Gasteiger partial charge in [-0.25, -0.2) is 0 Å². The number of esters is 1. The van der Waals surface area contributed by atoms with Gasteiger partial charge in [-0.05, 0) is 18.4 Å². The van der Waals surface area contributed by atoms with Gasteiger partial charge in [0.25, 0.3) is 0 Å². The number of carbonyl (C=O) groups is 1. The maximum absolute atomic E-state index is 11.4. The summed E-state index contributed by atoms with van der Waals surface area (Å²) in [7, 11) is 0. The Bertz CT molecular complexity index is 311. The molecule has 17 heavy (non-hydrogen) atoms. The molecule has 3 heteroatoms. The fourth-order valence-electron chi connectivity index (χ4n) is 1.54. The molecule has 0 bridgehead atoms. The lowest BCUT2D eigenvalue weighted by atomic mass is 10.2. The molecule has 2 nitrogen and oxygen atoms in total. The second-order valence-corrected chi connectivity index (χ2v) is 4.75. The van der Waals surface area contributed by atoms with E-state index in [9.17, 15) is 4.79 Å². The van der Waals surface area contributed by atoms with Crippen LogP contribution in [0.5, 0.6) is 0 Å². The van der Waals surface area contributed by atoms with E-state index in [1.807, 2.05) is 30.3 Å². The van der Waals surface area contributed by atoms with Crippen molar-refractivity contribution in [3.05, 3.63) is 35.9 Å². The molecule has 0 fully saturated rings. The van der Waals surface area contributed by atoms with Gasteiger partial charge in [0, 0.05) is 18.2 Å². The van der Waals surface area contributed by atoms with Gasteiger partial charge in [-0.2, -0.15) is 0 Å². The minimum absolute atomic E-state index is 0.0736. The zero-order valence-electron chi connectivity index (χ0n) is 10.0. The Balaban J connectivity index is 2.04. The van der Waals surface area contributed by atoms with Gasteiger partial charge in [-0.15, -0.1) is 0 Å². The Morgan fingerprint density at radius 1 is 1.12 bits per heavy atom. The first kappa shape index (κ1) is 14.2.